The van der Waals surface area contributed by atoms with Crippen molar-refractivity contribution in [3.63, 3.8) is 0 Å². The predicted octanol–water partition coefficient (Wildman–Crippen LogP) is 1.39. The highest BCUT2D eigenvalue weighted by Gasteiger charge is 2.30. The number of carbonyl (C=O) groups excluding carboxylic acids is 1. The molecule has 6 heteroatoms. The van der Waals surface area contributed by atoms with E-state index in [2.05, 4.69) is 25.0 Å². The van der Waals surface area contributed by atoms with Crippen LogP contribution in [-0.4, -0.2) is 25.1 Å². The van der Waals surface area contributed by atoms with Crippen LogP contribution in [0.5, 0.6) is 0 Å². The summed E-state index contributed by atoms with van der Waals surface area (Å²) in [6, 6.07) is 0. The van der Waals surface area contributed by atoms with Gasteiger partial charge in [-0.15, -0.1) is 0 Å². The summed E-state index contributed by atoms with van der Waals surface area (Å²) in [4.78, 5) is 10.7. The number of carbonyl (C=O) groups is 1. The standard InChI is InChI=1S/C4H8BrO4P/c1-8-10(7,9-2)4(6)3-5/h3H2,1-2H3. The topological polar surface area (TPSA) is 52.6 Å². The summed E-state index contributed by atoms with van der Waals surface area (Å²) >= 11 is 2.85. The summed E-state index contributed by atoms with van der Waals surface area (Å²) in [5.41, 5.74) is -0.572. The van der Waals surface area contributed by atoms with Gasteiger partial charge in [0.25, 0.3) is 5.52 Å². The van der Waals surface area contributed by atoms with Crippen LogP contribution < -0.4 is 0 Å². The average Bonchev–Trinajstić information content (AvgIpc) is 2.01. The first-order valence-corrected chi connectivity index (χ1v) is 5.08. The molecule has 0 aromatic heterocycles. The van der Waals surface area contributed by atoms with Gasteiger partial charge in [-0.2, -0.15) is 0 Å². The van der Waals surface area contributed by atoms with Gasteiger partial charge in [0, 0.05) is 14.2 Å². The molecule has 0 amide bonds. The highest BCUT2D eigenvalue weighted by molar-refractivity contribution is 9.09. The molecule has 0 unspecified atom stereocenters. The van der Waals surface area contributed by atoms with Crippen LogP contribution in [0.4, 0.5) is 0 Å². The zero-order chi connectivity index (χ0) is 8.20. The van der Waals surface area contributed by atoms with Gasteiger partial charge in [0.15, 0.2) is 0 Å². The number of hydrogen-bond donors (Lipinski definition) is 0. The molecule has 0 radical (unpaired) electrons. The van der Waals surface area contributed by atoms with Gasteiger partial charge in [-0.05, 0) is 0 Å². The van der Waals surface area contributed by atoms with Crippen molar-refractivity contribution in [2.24, 2.45) is 0 Å². The number of hydrogen-bond acceptors (Lipinski definition) is 4. The Balaban J connectivity index is 4.34. The monoisotopic (exact) mass is 230 g/mol. The molecule has 0 spiro atoms. The summed E-state index contributed by atoms with van der Waals surface area (Å²) in [5, 5.41) is -0.0219. The number of halogens is 1. The minimum absolute atomic E-state index is 0.0219. The lowest BCUT2D eigenvalue weighted by atomic mass is 10.9. The molecule has 60 valence electrons. The molecule has 0 heterocycles. The first-order chi connectivity index (χ1) is 4.60. The molecule has 0 rings (SSSR count). The van der Waals surface area contributed by atoms with Crippen molar-refractivity contribution in [3.8, 4) is 0 Å². The van der Waals surface area contributed by atoms with E-state index < -0.39 is 13.1 Å². The van der Waals surface area contributed by atoms with Crippen molar-refractivity contribution in [2.45, 2.75) is 0 Å². The smallest absolute Gasteiger partial charge is 0.307 e. The van der Waals surface area contributed by atoms with Gasteiger partial charge in [-0.3, -0.25) is 9.36 Å². The van der Waals surface area contributed by atoms with Gasteiger partial charge < -0.3 is 9.05 Å². The Morgan fingerprint density at radius 1 is 1.50 bits per heavy atom. The van der Waals surface area contributed by atoms with Crippen LogP contribution in [-0.2, 0) is 18.4 Å². The third-order valence-electron chi connectivity index (χ3n) is 0.900. The normalized spacial score (nSPS) is 11.5. The Labute approximate surface area is 67.6 Å². The molecule has 0 atom stereocenters. The molecule has 0 bridgehead atoms. The third-order valence-corrected chi connectivity index (χ3v) is 3.57. The van der Waals surface area contributed by atoms with E-state index in [1.165, 1.54) is 14.2 Å². The molecule has 0 N–H and O–H groups in total. The Morgan fingerprint density at radius 3 is 2.00 bits per heavy atom. The van der Waals surface area contributed by atoms with Crippen LogP contribution in [0.25, 0.3) is 0 Å². The summed E-state index contributed by atoms with van der Waals surface area (Å²) in [6.45, 7) is 0. The van der Waals surface area contributed by atoms with Crippen LogP contribution >= 0.6 is 23.5 Å². The zero-order valence-corrected chi connectivity index (χ0v) is 8.15. The quantitative estimate of drug-likeness (QED) is 0.541. The Kier molecular flexibility index (Phi) is 4.36. The van der Waals surface area contributed by atoms with E-state index >= 15 is 0 Å². The maximum atomic E-state index is 11.1. The molecule has 0 aromatic carbocycles. The second kappa shape index (κ2) is 4.23. The van der Waals surface area contributed by atoms with Gasteiger partial charge in [-0.25, -0.2) is 0 Å². The van der Waals surface area contributed by atoms with E-state index in [4.69, 9.17) is 0 Å². The molecule has 0 aromatic rings. The third kappa shape index (κ3) is 2.16. The number of rotatable bonds is 4. The van der Waals surface area contributed by atoms with E-state index in [1.807, 2.05) is 0 Å². The lowest BCUT2D eigenvalue weighted by molar-refractivity contribution is -0.111. The van der Waals surface area contributed by atoms with Crippen LogP contribution in [0.3, 0.4) is 0 Å². The summed E-state index contributed by atoms with van der Waals surface area (Å²) in [7, 11) is -1.12. The molecule has 0 aliphatic heterocycles. The van der Waals surface area contributed by atoms with Gasteiger partial charge in [0.2, 0.25) is 0 Å². The van der Waals surface area contributed by atoms with E-state index in [0.29, 0.717) is 0 Å². The maximum absolute atomic E-state index is 11.1. The van der Waals surface area contributed by atoms with Crippen LogP contribution in [0.15, 0.2) is 0 Å². The molecule has 0 saturated carbocycles. The van der Waals surface area contributed by atoms with Crippen LogP contribution in [0.1, 0.15) is 0 Å². The lowest BCUT2D eigenvalue weighted by Crippen LogP contribution is -2.03. The van der Waals surface area contributed by atoms with Crippen molar-refractivity contribution in [2.75, 3.05) is 19.5 Å². The Bertz CT molecular complexity index is 161. The highest BCUT2D eigenvalue weighted by atomic mass is 79.9. The van der Waals surface area contributed by atoms with E-state index in [-0.39, 0.29) is 5.33 Å². The molecule has 0 fully saturated rings. The largest absolute Gasteiger partial charge is 0.397 e. The molecule has 4 nitrogen and oxygen atoms in total. The van der Waals surface area contributed by atoms with Crippen LogP contribution in [0, 0.1) is 0 Å². The fraction of sp³-hybridized carbons (Fsp3) is 0.750. The van der Waals surface area contributed by atoms with E-state index in [0.717, 1.165) is 0 Å². The van der Waals surface area contributed by atoms with Crippen molar-refractivity contribution in [1.29, 1.82) is 0 Å². The van der Waals surface area contributed by atoms with Gasteiger partial charge in [-0.1, -0.05) is 15.9 Å². The van der Waals surface area contributed by atoms with E-state index in [1.54, 1.807) is 0 Å². The molecule has 0 aliphatic rings. The second-order valence-corrected chi connectivity index (χ2v) is 4.17. The summed E-state index contributed by atoms with van der Waals surface area (Å²) in [6.07, 6.45) is 0. The average molecular weight is 231 g/mol. The van der Waals surface area contributed by atoms with Crippen molar-refractivity contribution in [3.05, 3.63) is 0 Å². The minimum atomic E-state index is -3.46. The summed E-state index contributed by atoms with van der Waals surface area (Å²) < 4.78 is 19.8. The predicted molar refractivity (Wildman–Crippen MR) is 40.4 cm³/mol. The fourth-order valence-corrected chi connectivity index (χ4v) is 1.98. The van der Waals surface area contributed by atoms with Gasteiger partial charge in [0.1, 0.15) is 0 Å². The second-order valence-electron chi connectivity index (χ2n) is 1.39. The molecular weight excluding hydrogens is 223 g/mol. The van der Waals surface area contributed by atoms with Gasteiger partial charge >= 0.3 is 7.60 Å². The highest BCUT2D eigenvalue weighted by Crippen LogP contribution is 2.47. The zero-order valence-electron chi connectivity index (χ0n) is 5.67. The van der Waals surface area contributed by atoms with Gasteiger partial charge in [0.05, 0.1) is 5.33 Å². The molecular formula is C4H8BrO4P. The molecule has 0 saturated heterocycles. The Hall–Kier alpha value is 0.300. The van der Waals surface area contributed by atoms with Crippen LogP contribution in [0.2, 0.25) is 0 Å². The first-order valence-electron chi connectivity index (χ1n) is 2.41. The van der Waals surface area contributed by atoms with Crippen molar-refractivity contribution >= 4 is 29.1 Å². The lowest BCUT2D eigenvalue weighted by Gasteiger charge is -2.09. The minimum Gasteiger partial charge on any atom is -0.307 e. The first kappa shape index (κ1) is 10.3. The maximum Gasteiger partial charge on any atom is 0.397 e. The molecule has 0 aliphatic carbocycles. The fourth-order valence-electron chi connectivity index (χ4n) is 0.351. The number of alkyl halides is 1. The molecule has 10 heavy (non-hydrogen) atoms. The Morgan fingerprint density at radius 2 is 1.90 bits per heavy atom. The SMILES string of the molecule is COP(=O)(OC)C(=O)CBr. The van der Waals surface area contributed by atoms with Crippen molar-refractivity contribution < 1.29 is 18.4 Å². The van der Waals surface area contributed by atoms with E-state index in [9.17, 15) is 9.36 Å². The summed E-state index contributed by atoms with van der Waals surface area (Å²) in [5.74, 6) is 0. The van der Waals surface area contributed by atoms with Crippen molar-refractivity contribution in [1.82, 2.24) is 0 Å².